The molecule has 0 amide bonds. The Labute approximate surface area is 133 Å². The molecule has 0 spiro atoms. The SMILES string of the molecule is COC(OC)C1CCNc2c(Br)c(C3CCOCC3)nn21. The average Bonchev–Trinajstić information content (AvgIpc) is 2.88. The highest BCUT2D eigenvalue weighted by Crippen LogP contribution is 2.40. The van der Waals surface area contributed by atoms with E-state index < -0.39 is 0 Å². The zero-order valence-corrected chi connectivity index (χ0v) is 14.1. The number of nitrogens with zero attached hydrogens (tertiary/aromatic N) is 2. The molecule has 1 N–H and O–H groups in total. The normalized spacial score (nSPS) is 23.1. The topological polar surface area (TPSA) is 57.5 Å². The van der Waals surface area contributed by atoms with Gasteiger partial charge in [0, 0.05) is 39.9 Å². The highest BCUT2D eigenvalue weighted by atomic mass is 79.9. The maximum Gasteiger partial charge on any atom is 0.179 e. The summed E-state index contributed by atoms with van der Waals surface area (Å²) in [4.78, 5) is 0. The molecule has 6 nitrogen and oxygen atoms in total. The molecule has 1 saturated heterocycles. The Balaban J connectivity index is 1.92. The number of fused-ring (bicyclic) bond motifs is 1. The third-order valence-corrected chi connectivity index (χ3v) is 5.09. The Morgan fingerprint density at radius 1 is 1.29 bits per heavy atom. The first-order valence-electron chi connectivity index (χ1n) is 7.41. The summed E-state index contributed by atoms with van der Waals surface area (Å²) in [5, 5.41) is 8.30. The molecule has 0 saturated carbocycles. The Bertz CT molecular complexity index is 484. The lowest BCUT2D eigenvalue weighted by atomic mass is 9.97. The number of nitrogens with one attached hydrogen (secondary N) is 1. The van der Waals surface area contributed by atoms with E-state index in [0.717, 1.165) is 55.0 Å². The van der Waals surface area contributed by atoms with E-state index in [1.54, 1.807) is 14.2 Å². The van der Waals surface area contributed by atoms with E-state index in [1.165, 1.54) is 0 Å². The minimum Gasteiger partial charge on any atom is -0.381 e. The lowest BCUT2D eigenvalue weighted by Gasteiger charge is -2.30. The van der Waals surface area contributed by atoms with Crippen molar-refractivity contribution in [2.24, 2.45) is 0 Å². The van der Waals surface area contributed by atoms with Gasteiger partial charge in [-0.15, -0.1) is 0 Å². The molecule has 1 unspecified atom stereocenters. The molecule has 1 aromatic heterocycles. The van der Waals surface area contributed by atoms with Gasteiger partial charge < -0.3 is 19.5 Å². The van der Waals surface area contributed by atoms with Gasteiger partial charge in [-0.1, -0.05) is 0 Å². The van der Waals surface area contributed by atoms with Gasteiger partial charge in [-0.25, -0.2) is 4.68 Å². The quantitative estimate of drug-likeness (QED) is 0.837. The molecule has 3 heterocycles. The Hall–Kier alpha value is -0.630. The predicted octanol–water partition coefficient (Wildman–Crippen LogP) is 2.52. The first kappa shape index (κ1) is 15.3. The van der Waals surface area contributed by atoms with Crippen LogP contribution in [0, 0.1) is 0 Å². The fraction of sp³-hybridized carbons (Fsp3) is 0.786. The van der Waals surface area contributed by atoms with E-state index in [4.69, 9.17) is 19.3 Å². The molecule has 0 aliphatic carbocycles. The lowest BCUT2D eigenvalue weighted by Crippen LogP contribution is -2.34. The van der Waals surface area contributed by atoms with Crippen LogP contribution in [0.4, 0.5) is 5.82 Å². The fourth-order valence-corrected chi connectivity index (χ4v) is 3.91. The van der Waals surface area contributed by atoms with Crippen LogP contribution in [-0.2, 0) is 14.2 Å². The molecule has 7 heteroatoms. The first-order valence-corrected chi connectivity index (χ1v) is 8.20. The van der Waals surface area contributed by atoms with Crippen LogP contribution in [0.25, 0.3) is 0 Å². The maximum atomic E-state index is 5.45. The van der Waals surface area contributed by atoms with Crippen LogP contribution in [-0.4, -0.2) is 50.0 Å². The molecule has 0 bridgehead atoms. The molecule has 2 aliphatic heterocycles. The molecule has 3 rings (SSSR count). The second-order valence-electron chi connectivity index (χ2n) is 5.50. The molecule has 1 aromatic rings. The van der Waals surface area contributed by atoms with Gasteiger partial charge in [0.25, 0.3) is 0 Å². The van der Waals surface area contributed by atoms with E-state index in [1.807, 2.05) is 4.68 Å². The van der Waals surface area contributed by atoms with Gasteiger partial charge >= 0.3 is 0 Å². The molecule has 2 aliphatic rings. The number of hydrogen-bond donors (Lipinski definition) is 1. The standard InChI is InChI=1S/C14H22BrN3O3/c1-19-14(20-2)10-3-6-16-13-11(15)12(17-18(10)13)9-4-7-21-8-5-9/h9-10,14,16H,3-8H2,1-2H3. The summed E-state index contributed by atoms with van der Waals surface area (Å²) >= 11 is 3.72. The van der Waals surface area contributed by atoms with Crippen LogP contribution >= 0.6 is 15.9 Å². The summed E-state index contributed by atoms with van der Waals surface area (Å²) in [5.41, 5.74) is 1.12. The Morgan fingerprint density at radius 2 is 2.00 bits per heavy atom. The minimum absolute atomic E-state index is 0.0983. The number of ether oxygens (including phenoxy) is 3. The van der Waals surface area contributed by atoms with Crippen LogP contribution < -0.4 is 5.32 Å². The monoisotopic (exact) mass is 359 g/mol. The van der Waals surface area contributed by atoms with Crippen LogP contribution in [0.5, 0.6) is 0 Å². The van der Waals surface area contributed by atoms with Crippen molar-refractivity contribution in [3.63, 3.8) is 0 Å². The van der Waals surface area contributed by atoms with E-state index >= 15 is 0 Å². The second kappa shape index (κ2) is 6.64. The average molecular weight is 360 g/mol. The Morgan fingerprint density at radius 3 is 2.67 bits per heavy atom. The highest BCUT2D eigenvalue weighted by molar-refractivity contribution is 9.10. The molecule has 1 atom stereocenters. The summed E-state index contributed by atoms with van der Waals surface area (Å²) in [6.07, 6.45) is 2.70. The summed E-state index contributed by atoms with van der Waals surface area (Å²) in [5.74, 6) is 1.49. The van der Waals surface area contributed by atoms with Gasteiger partial charge in [0.2, 0.25) is 0 Å². The van der Waals surface area contributed by atoms with Crippen LogP contribution in [0.15, 0.2) is 4.47 Å². The zero-order valence-electron chi connectivity index (χ0n) is 12.5. The van der Waals surface area contributed by atoms with Gasteiger partial charge in [-0.05, 0) is 35.2 Å². The smallest absolute Gasteiger partial charge is 0.179 e. The first-order chi connectivity index (χ1) is 10.3. The number of aromatic nitrogens is 2. The van der Waals surface area contributed by atoms with Crippen LogP contribution in [0.2, 0.25) is 0 Å². The van der Waals surface area contributed by atoms with E-state index in [0.29, 0.717) is 5.92 Å². The number of hydrogen-bond acceptors (Lipinski definition) is 5. The summed E-state index contributed by atoms with van der Waals surface area (Å²) in [7, 11) is 3.35. The third-order valence-electron chi connectivity index (χ3n) is 4.31. The molecule has 21 heavy (non-hydrogen) atoms. The van der Waals surface area contributed by atoms with Gasteiger partial charge in [0.15, 0.2) is 6.29 Å². The number of methoxy groups -OCH3 is 2. The van der Waals surface area contributed by atoms with Crippen molar-refractivity contribution in [2.75, 3.05) is 39.3 Å². The zero-order chi connectivity index (χ0) is 14.8. The van der Waals surface area contributed by atoms with Crippen molar-refractivity contribution >= 4 is 21.7 Å². The number of halogens is 1. The van der Waals surface area contributed by atoms with Crippen molar-refractivity contribution in [1.82, 2.24) is 9.78 Å². The minimum atomic E-state index is -0.278. The second-order valence-corrected chi connectivity index (χ2v) is 6.29. The molecule has 0 radical (unpaired) electrons. The van der Waals surface area contributed by atoms with Crippen molar-refractivity contribution < 1.29 is 14.2 Å². The van der Waals surface area contributed by atoms with E-state index in [2.05, 4.69) is 21.2 Å². The van der Waals surface area contributed by atoms with Gasteiger partial charge in [0.05, 0.1) is 10.2 Å². The molecule has 118 valence electrons. The molecular formula is C14H22BrN3O3. The molecule has 1 fully saturated rings. The lowest BCUT2D eigenvalue weighted by molar-refractivity contribution is -0.135. The summed E-state index contributed by atoms with van der Waals surface area (Å²) in [6.45, 7) is 2.52. The van der Waals surface area contributed by atoms with E-state index in [9.17, 15) is 0 Å². The van der Waals surface area contributed by atoms with Crippen molar-refractivity contribution in [3.8, 4) is 0 Å². The number of rotatable bonds is 4. The maximum absolute atomic E-state index is 5.45. The number of anilines is 1. The highest BCUT2D eigenvalue weighted by Gasteiger charge is 2.33. The van der Waals surface area contributed by atoms with Crippen molar-refractivity contribution in [2.45, 2.75) is 37.5 Å². The van der Waals surface area contributed by atoms with Gasteiger partial charge in [-0.2, -0.15) is 5.10 Å². The summed E-state index contributed by atoms with van der Waals surface area (Å²) in [6, 6.07) is 0.0983. The Kier molecular flexibility index (Phi) is 4.83. The predicted molar refractivity (Wildman–Crippen MR) is 82.7 cm³/mol. The molecular weight excluding hydrogens is 338 g/mol. The molecule has 0 aromatic carbocycles. The van der Waals surface area contributed by atoms with Crippen LogP contribution in [0.1, 0.15) is 36.9 Å². The van der Waals surface area contributed by atoms with E-state index in [-0.39, 0.29) is 12.3 Å². The largest absolute Gasteiger partial charge is 0.381 e. The van der Waals surface area contributed by atoms with Crippen molar-refractivity contribution in [3.05, 3.63) is 10.2 Å². The van der Waals surface area contributed by atoms with Crippen molar-refractivity contribution in [1.29, 1.82) is 0 Å². The summed E-state index contributed by atoms with van der Waals surface area (Å²) < 4.78 is 19.4. The van der Waals surface area contributed by atoms with Gasteiger partial charge in [0.1, 0.15) is 11.9 Å². The van der Waals surface area contributed by atoms with Gasteiger partial charge in [-0.3, -0.25) is 0 Å². The third kappa shape index (κ3) is 2.84. The fourth-order valence-electron chi connectivity index (χ4n) is 3.18. The van der Waals surface area contributed by atoms with Crippen LogP contribution in [0.3, 0.4) is 0 Å².